The molecule has 1 aromatic rings. The highest BCUT2D eigenvalue weighted by molar-refractivity contribution is 7.07. The number of piperazine rings is 1. The number of rotatable bonds is 7. The van der Waals surface area contributed by atoms with Crippen molar-refractivity contribution in [2.24, 2.45) is 0 Å². The van der Waals surface area contributed by atoms with Crippen LogP contribution in [0.25, 0.3) is 0 Å². The molecular weight excluding hydrogens is 310 g/mol. The molecule has 5 nitrogen and oxygen atoms in total. The van der Waals surface area contributed by atoms with Gasteiger partial charge in [-0.2, -0.15) is 11.3 Å². The molecule has 0 aromatic carbocycles. The molecule has 1 atom stereocenters. The fraction of sp³-hybridized carbons (Fsp3) is 0.706. The quantitative estimate of drug-likeness (QED) is 0.813. The van der Waals surface area contributed by atoms with E-state index < -0.39 is 0 Å². The zero-order valence-electron chi connectivity index (χ0n) is 13.9. The zero-order valence-corrected chi connectivity index (χ0v) is 14.7. The molecule has 1 N–H and O–H groups in total. The van der Waals surface area contributed by atoms with Crippen molar-refractivity contribution >= 4 is 17.2 Å². The Kier molecular flexibility index (Phi) is 5.69. The van der Waals surface area contributed by atoms with E-state index in [1.54, 1.807) is 11.3 Å². The Bertz CT molecular complexity index is 494. The van der Waals surface area contributed by atoms with Gasteiger partial charge in [-0.1, -0.05) is 0 Å². The number of carbonyl (C=O) groups excluding carboxylic acids is 1. The van der Waals surface area contributed by atoms with E-state index in [9.17, 15) is 9.90 Å². The van der Waals surface area contributed by atoms with E-state index in [0.29, 0.717) is 12.6 Å². The number of β-amino-alcohol motifs (C(OH)–C–C–N with tert-alkyl or cyclic N) is 1. The molecule has 0 bridgehead atoms. The van der Waals surface area contributed by atoms with Crippen LogP contribution in [0.4, 0.5) is 0 Å². The first-order valence-corrected chi connectivity index (χ1v) is 9.49. The van der Waals surface area contributed by atoms with Crippen molar-refractivity contribution in [1.82, 2.24) is 14.7 Å². The smallest absolute Gasteiger partial charge is 0.237 e. The van der Waals surface area contributed by atoms with Gasteiger partial charge in [-0.15, -0.1) is 0 Å². The minimum Gasteiger partial charge on any atom is -0.392 e. The molecule has 2 fully saturated rings. The van der Waals surface area contributed by atoms with Gasteiger partial charge >= 0.3 is 0 Å². The number of amides is 1. The number of thiophene rings is 1. The van der Waals surface area contributed by atoms with Crippen LogP contribution in [0.15, 0.2) is 16.8 Å². The highest BCUT2D eigenvalue weighted by Crippen LogP contribution is 2.29. The summed E-state index contributed by atoms with van der Waals surface area (Å²) in [4.78, 5) is 19.3. The number of aliphatic hydroxyl groups excluding tert-OH is 1. The van der Waals surface area contributed by atoms with Crippen LogP contribution in [-0.2, 0) is 11.3 Å². The summed E-state index contributed by atoms with van der Waals surface area (Å²) in [5.74, 6) is 0.266. The second kappa shape index (κ2) is 7.75. The Labute approximate surface area is 142 Å². The van der Waals surface area contributed by atoms with Gasteiger partial charge in [0, 0.05) is 45.3 Å². The van der Waals surface area contributed by atoms with Gasteiger partial charge < -0.3 is 10.0 Å². The lowest BCUT2D eigenvalue weighted by molar-refractivity contribution is -0.134. The van der Waals surface area contributed by atoms with Gasteiger partial charge in [0.2, 0.25) is 5.91 Å². The van der Waals surface area contributed by atoms with Crippen LogP contribution in [0.5, 0.6) is 0 Å². The summed E-state index contributed by atoms with van der Waals surface area (Å²) in [6.45, 7) is 7.54. The van der Waals surface area contributed by atoms with Crippen molar-refractivity contribution in [2.45, 2.75) is 38.5 Å². The van der Waals surface area contributed by atoms with Crippen LogP contribution in [-0.4, -0.2) is 77.1 Å². The van der Waals surface area contributed by atoms with Crippen molar-refractivity contribution in [3.05, 3.63) is 22.4 Å². The maximum absolute atomic E-state index is 12.7. The highest BCUT2D eigenvalue weighted by Gasteiger charge is 2.33. The fourth-order valence-corrected chi connectivity index (χ4v) is 3.83. The predicted molar refractivity (Wildman–Crippen MR) is 92.5 cm³/mol. The van der Waals surface area contributed by atoms with E-state index in [4.69, 9.17) is 0 Å². The minimum absolute atomic E-state index is 0.266. The molecule has 1 saturated heterocycles. The highest BCUT2D eigenvalue weighted by atomic mass is 32.1. The molecule has 2 heterocycles. The number of nitrogens with zero attached hydrogens (tertiary/aromatic N) is 3. The lowest BCUT2D eigenvalue weighted by Gasteiger charge is -2.35. The normalized spacial score (nSPS) is 21.3. The van der Waals surface area contributed by atoms with Crippen LogP contribution in [0.1, 0.15) is 25.3 Å². The first kappa shape index (κ1) is 16.9. The molecule has 1 unspecified atom stereocenters. The summed E-state index contributed by atoms with van der Waals surface area (Å²) in [5, 5.41) is 13.7. The maximum atomic E-state index is 12.7. The van der Waals surface area contributed by atoms with Crippen molar-refractivity contribution in [3.8, 4) is 0 Å². The molecule has 1 aromatic heterocycles. The summed E-state index contributed by atoms with van der Waals surface area (Å²) in [7, 11) is 0. The number of aliphatic hydroxyl groups is 1. The Balaban J connectivity index is 1.48. The second-order valence-corrected chi connectivity index (χ2v) is 7.59. The van der Waals surface area contributed by atoms with Gasteiger partial charge in [0.05, 0.1) is 12.6 Å². The Morgan fingerprint density at radius 2 is 2.04 bits per heavy atom. The standard InChI is InChI=1S/C17H27N3O2S/c1-14(21)10-18-5-7-19(8-6-18)12-17(22)20(16-2-3-16)11-15-4-9-23-13-15/h4,9,13-14,16,21H,2-3,5-8,10-12H2,1H3. The van der Waals surface area contributed by atoms with E-state index in [1.807, 2.05) is 6.92 Å². The lowest BCUT2D eigenvalue weighted by atomic mass is 10.2. The molecule has 23 heavy (non-hydrogen) atoms. The van der Waals surface area contributed by atoms with E-state index in [-0.39, 0.29) is 12.0 Å². The van der Waals surface area contributed by atoms with Gasteiger partial charge in [0.15, 0.2) is 0 Å². The van der Waals surface area contributed by atoms with Gasteiger partial charge in [0.1, 0.15) is 0 Å². The molecule has 3 rings (SSSR count). The van der Waals surface area contributed by atoms with E-state index in [1.165, 1.54) is 5.56 Å². The van der Waals surface area contributed by atoms with Gasteiger partial charge in [0.25, 0.3) is 0 Å². The van der Waals surface area contributed by atoms with Gasteiger partial charge in [-0.3, -0.25) is 14.6 Å². The molecule has 0 radical (unpaired) electrons. The van der Waals surface area contributed by atoms with Crippen LogP contribution >= 0.6 is 11.3 Å². The zero-order chi connectivity index (χ0) is 16.2. The van der Waals surface area contributed by atoms with Crippen LogP contribution in [0.2, 0.25) is 0 Å². The van der Waals surface area contributed by atoms with Crippen molar-refractivity contribution in [2.75, 3.05) is 39.3 Å². The monoisotopic (exact) mass is 337 g/mol. The second-order valence-electron chi connectivity index (χ2n) is 6.81. The fourth-order valence-electron chi connectivity index (χ4n) is 3.17. The minimum atomic E-state index is -0.279. The summed E-state index contributed by atoms with van der Waals surface area (Å²) in [5.41, 5.74) is 1.25. The molecule has 1 saturated carbocycles. The Morgan fingerprint density at radius 3 is 2.61 bits per heavy atom. The third-order valence-electron chi connectivity index (χ3n) is 4.59. The Morgan fingerprint density at radius 1 is 1.35 bits per heavy atom. The molecule has 0 spiro atoms. The number of hydrogen-bond donors (Lipinski definition) is 1. The molecule has 2 aliphatic rings. The summed E-state index contributed by atoms with van der Waals surface area (Å²) in [6, 6.07) is 2.57. The van der Waals surface area contributed by atoms with Crippen molar-refractivity contribution in [1.29, 1.82) is 0 Å². The Hall–Kier alpha value is -0.950. The van der Waals surface area contributed by atoms with Crippen molar-refractivity contribution in [3.63, 3.8) is 0 Å². The van der Waals surface area contributed by atoms with Crippen LogP contribution in [0, 0.1) is 0 Å². The largest absolute Gasteiger partial charge is 0.392 e. The summed E-state index contributed by atoms with van der Waals surface area (Å²) >= 11 is 1.69. The summed E-state index contributed by atoms with van der Waals surface area (Å²) in [6.07, 6.45) is 2.02. The van der Waals surface area contributed by atoms with E-state index in [0.717, 1.165) is 52.1 Å². The van der Waals surface area contributed by atoms with Gasteiger partial charge in [-0.05, 0) is 42.2 Å². The molecule has 6 heteroatoms. The van der Waals surface area contributed by atoms with Crippen LogP contribution < -0.4 is 0 Å². The van der Waals surface area contributed by atoms with Crippen LogP contribution in [0.3, 0.4) is 0 Å². The third-order valence-corrected chi connectivity index (χ3v) is 5.32. The van der Waals surface area contributed by atoms with E-state index >= 15 is 0 Å². The number of hydrogen-bond acceptors (Lipinski definition) is 5. The lowest BCUT2D eigenvalue weighted by Crippen LogP contribution is -2.51. The third kappa shape index (κ3) is 5.01. The topological polar surface area (TPSA) is 47.0 Å². The molecule has 1 aliphatic heterocycles. The SMILES string of the molecule is CC(O)CN1CCN(CC(=O)N(Cc2ccsc2)C2CC2)CC1. The molecule has 1 aliphatic carbocycles. The van der Waals surface area contributed by atoms with Crippen molar-refractivity contribution < 1.29 is 9.90 Å². The average Bonchev–Trinajstić information content (AvgIpc) is 3.22. The maximum Gasteiger partial charge on any atom is 0.237 e. The van der Waals surface area contributed by atoms with E-state index in [2.05, 4.69) is 31.5 Å². The van der Waals surface area contributed by atoms with Gasteiger partial charge in [-0.25, -0.2) is 0 Å². The average molecular weight is 337 g/mol. The predicted octanol–water partition coefficient (Wildman–Crippen LogP) is 1.24. The number of carbonyl (C=O) groups is 1. The first-order valence-electron chi connectivity index (χ1n) is 8.55. The summed E-state index contributed by atoms with van der Waals surface area (Å²) < 4.78 is 0. The molecular formula is C17H27N3O2S. The first-order chi connectivity index (χ1) is 11.1. The molecule has 128 valence electrons. The molecule has 1 amide bonds.